The van der Waals surface area contributed by atoms with Gasteiger partial charge in [0.1, 0.15) is 0 Å². The zero-order valence-corrected chi connectivity index (χ0v) is 18.6. The van der Waals surface area contributed by atoms with Crippen LogP contribution in [-0.2, 0) is 16.2 Å². The Bertz CT molecular complexity index is 1060. The summed E-state index contributed by atoms with van der Waals surface area (Å²) >= 11 is 0. The molecule has 0 saturated carbocycles. The monoisotopic (exact) mass is 473 g/mol. The van der Waals surface area contributed by atoms with Crippen LogP contribution in [0.3, 0.4) is 0 Å². The van der Waals surface area contributed by atoms with Crippen LogP contribution in [0.2, 0.25) is 0 Å². The molecule has 0 spiro atoms. The van der Waals surface area contributed by atoms with Gasteiger partial charge in [0.15, 0.2) is 5.82 Å². The summed E-state index contributed by atoms with van der Waals surface area (Å²) in [6.45, 7) is 4.17. The number of hydrogen-bond donors (Lipinski definition) is 3. The Morgan fingerprint density at radius 1 is 1.25 bits per heavy atom. The van der Waals surface area contributed by atoms with Crippen molar-refractivity contribution >= 4 is 21.5 Å². The van der Waals surface area contributed by atoms with Crippen molar-refractivity contribution in [2.24, 2.45) is 0 Å². The molecular formula is C20H26F3N5O3S. The van der Waals surface area contributed by atoms with E-state index >= 15 is 0 Å². The summed E-state index contributed by atoms with van der Waals surface area (Å²) in [7, 11) is -3.82. The molecule has 1 saturated heterocycles. The van der Waals surface area contributed by atoms with Crippen molar-refractivity contribution in [3.8, 4) is 11.3 Å². The molecule has 1 aromatic carbocycles. The molecule has 8 nitrogen and oxygen atoms in total. The number of β-amino-alcohol motifs (C(OH)–C–C–N with tert-alkyl or cyclic N) is 1. The van der Waals surface area contributed by atoms with Gasteiger partial charge in [-0.3, -0.25) is 9.62 Å². The van der Waals surface area contributed by atoms with Crippen molar-refractivity contribution in [3.05, 3.63) is 35.4 Å². The Morgan fingerprint density at radius 2 is 2.00 bits per heavy atom. The Balaban J connectivity index is 1.88. The lowest BCUT2D eigenvalue weighted by molar-refractivity contribution is -0.137. The van der Waals surface area contributed by atoms with Crippen LogP contribution in [0.25, 0.3) is 11.3 Å². The first kappa shape index (κ1) is 24.2. The Labute approximate surface area is 184 Å². The van der Waals surface area contributed by atoms with Crippen LogP contribution in [0, 0.1) is 6.92 Å². The molecule has 3 N–H and O–H groups in total. The lowest BCUT2D eigenvalue weighted by Crippen LogP contribution is -2.43. The number of aliphatic hydroxyl groups is 1. The minimum atomic E-state index is -4.62. The van der Waals surface area contributed by atoms with Crippen LogP contribution in [0.4, 0.5) is 24.7 Å². The first-order valence-corrected chi connectivity index (χ1v) is 12.0. The molecule has 1 aromatic heterocycles. The summed E-state index contributed by atoms with van der Waals surface area (Å²) in [4.78, 5) is 2.16. The highest BCUT2D eigenvalue weighted by molar-refractivity contribution is 7.92. The topological polar surface area (TPSA) is 107 Å². The molecule has 2 heterocycles. The second-order valence-electron chi connectivity index (χ2n) is 7.90. The Morgan fingerprint density at radius 3 is 2.62 bits per heavy atom. The van der Waals surface area contributed by atoms with Crippen molar-refractivity contribution < 1.29 is 26.7 Å². The minimum absolute atomic E-state index is 0.0945. The van der Waals surface area contributed by atoms with E-state index in [1.807, 2.05) is 0 Å². The smallest absolute Gasteiger partial charge is 0.395 e. The number of aryl methyl sites for hydroxylation is 1. The van der Waals surface area contributed by atoms with Gasteiger partial charge in [-0.1, -0.05) is 6.07 Å². The number of sulfonamides is 1. The van der Waals surface area contributed by atoms with Crippen LogP contribution in [0.1, 0.15) is 24.0 Å². The van der Waals surface area contributed by atoms with E-state index in [-0.39, 0.29) is 29.6 Å². The summed E-state index contributed by atoms with van der Waals surface area (Å²) < 4.78 is 64.9. The number of nitrogens with one attached hydrogen (secondary N) is 2. The minimum Gasteiger partial charge on any atom is -0.395 e. The molecule has 0 bridgehead atoms. The zero-order chi connectivity index (χ0) is 23.5. The molecule has 1 fully saturated rings. The van der Waals surface area contributed by atoms with Crippen LogP contribution in [0.15, 0.2) is 24.3 Å². The first-order chi connectivity index (χ1) is 15.0. The summed E-state index contributed by atoms with van der Waals surface area (Å²) in [6.07, 6.45) is -1.84. The fraction of sp³-hybridized carbons (Fsp3) is 0.500. The van der Waals surface area contributed by atoms with Crippen molar-refractivity contribution in [3.63, 3.8) is 0 Å². The number of benzene rings is 1. The van der Waals surface area contributed by atoms with E-state index in [1.54, 1.807) is 13.0 Å². The fourth-order valence-electron chi connectivity index (χ4n) is 3.70. The molecule has 3 rings (SSSR count). The van der Waals surface area contributed by atoms with Gasteiger partial charge in [-0.15, -0.1) is 10.2 Å². The van der Waals surface area contributed by atoms with E-state index < -0.39 is 21.8 Å². The van der Waals surface area contributed by atoms with Gasteiger partial charge in [-0.05, 0) is 50.1 Å². The van der Waals surface area contributed by atoms with Crippen molar-refractivity contribution in [2.75, 3.05) is 42.5 Å². The maximum Gasteiger partial charge on any atom is 0.416 e. The molecule has 1 atom stereocenters. The number of alkyl halides is 3. The number of aromatic nitrogens is 2. The first-order valence-electron chi connectivity index (χ1n) is 10.1. The van der Waals surface area contributed by atoms with Crippen LogP contribution in [0.5, 0.6) is 0 Å². The number of anilines is 2. The molecule has 0 aliphatic carbocycles. The van der Waals surface area contributed by atoms with E-state index in [0.717, 1.165) is 49.9 Å². The lowest BCUT2D eigenvalue weighted by atomic mass is 10.0. The van der Waals surface area contributed by atoms with Gasteiger partial charge < -0.3 is 10.4 Å². The number of piperidine rings is 1. The van der Waals surface area contributed by atoms with Crippen molar-refractivity contribution in [1.82, 2.24) is 15.1 Å². The number of likely N-dealkylation sites (tertiary alicyclic amines) is 1. The number of nitrogens with zero attached hydrogens (tertiary/aromatic N) is 3. The standard InChI is InChI=1S/C20H26F3N5O3S/c1-13-10-17(25-26-19(13)24-15-4-3-7-28(12-15)8-9-29)16-6-5-14(20(21,22)23)11-18(16)27-32(2,30)31/h5-6,10-11,15,27,29H,3-4,7-9,12H2,1-2H3,(H,24,26)/t15-/m1/s1. The third kappa shape index (κ3) is 6.30. The molecule has 2 aromatic rings. The van der Waals surface area contributed by atoms with Gasteiger partial charge in [-0.25, -0.2) is 8.42 Å². The van der Waals surface area contributed by atoms with E-state index in [1.165, 1.54) is 6.07 Å². The Kier molecular flexibility index (Phi) is 7.25. The summed E-state index contributed by atoms with van der Waals surface area (Å²) in [5.74, 6) is 0.550. The van der Waals surface area contributed by atoms with Crippen LogP contribution < -0.4 is 10.0 Å². The summed E-state index contributed by atoms with van der Waals surface area (Å²) in [5, 5.41) is 20.8. The molecule has 1 aliphatic heterocycles. The van der Waals surface area contributed by atoms with E-state index in [2.05, 4.69) is 25.1 Å². The molecule has 0 radical (unpaired) electrons. The quantitative estimate of drug-likeness (QED) is 0.568. The normalized spacial score (nSPS) is 17.9. The van der Waals surface area contributed by atoms with Crippen molar-refractivity contribution in [2.45, 2.75) is 32.0 Å². The Hall–Kier alpha value is -2.44. The molecule has 12 heteroatoms. The predicted molar refractivity (Wildman–Crippen MR) is 116 cm³/mol. The number of rotatable bonds is 7. The highest BCUT2D eigenvalue weighted by Crippen LogP contribution is 2.36. The third-order valence-corrected chi connectivity index (χ3v) is 5.76. The van der Waals surface area contributed by atoms with E-state index in [9.17, 15) is 21.6 Å². The van der Waals surface area contributed by atoms with Gasteiger partial charge >= 0.3 is 6.18 Å². The highest BCUT2D eigenvalue weighted by atomic mass is 32.2. The average Bonchev–Trinajstić information content (AvgIpc) is 2.68. The molecule has 32 heavy (non-hydrogen) atoms. The molecule has 0 unspecified atom stereocenters. The van der Waals surface area contributed by atoms with E-state index in [4.69, 9.17) is 5.11 Å². The molecule has 176 valence electrons. The predicted octanol–water partition coefficient (Wildman–Crippen LogP) is 2.71. The van der Waals surface area contributed by atoms with Gasteiger partial charge in [0, 0.05) is 24.7 Å². The number of aliphatic hydroxyl groups excluding tert-OH is 1. The second kappa shape index (κ2) is 9.59. The summed E-state index contributed by atoms with van der Waals surface area (Å²) in [6, 6.07) is 4.59. The third-order valence-electron chi connectivity index (χ3n) is 5.17. The molecular weight excluding hydrogens is 447 g/mol. The maximum absolute atomic E-state index is 13.1. The zero-order valence-electron chi connectivity index (χ0n) is 17.8. The number of hydrogen-bond acceptors (Lipinski definition) is 7. The van der Waals surface area contributed by atoms with Gasteiger partial charge in [0.25, 0.3) is 0 Å². The van der Waals surface area contributed by atoms with Crippen LogP contribution in [-0.4, -0.2) is 67.2 Å². The average molecular weight is 474 g/mol. The molecule has 1 aliphatic rings. The van der Waals surface area contributed by atoms with Gasteiger partial charge in [-0.2, -0.15) is 13.2 Å². The largest absolute Gasteiger partial charge is 0.416 e. The number of halogens is 3. The SMILES string of the molecule is Cc1cc(-c2ccc(C(F)(F)F)cc2NS(C)(=O)=O)nnc1N[C@@H]1CCCN(CCO)C1. The molecule has 0 amide bonds. The van der Waals surface area contributed by atoms with E-state index in [0.29, 0.717) is 12.4 Å². The summed E-state index contributed by atoms with van der Waals surface area (Å²) in [5.41, 5.74) is -0.0286. The lowest BCUT2D eigenvalue weighted by Gasteiger charge is -2.33. The fourth-order valence-corrected chi connectivity index (χ4v) is 4.27. The van der Waals surface area contributed by atoms with Gasteiger partial charge in [0.2, 0.25) is 10.0 Å². The maximum atomic E-state index is 13.1. The van der Waals surface area contributed by atoms with Crippen LogP contribution >= 0.6 is 0 Å². The highest BCUT2D eigenvalue weighted by Gasteiger charge is 2.31. The van der Waals surface area contributed by atoms with Gasteiger partial charge in [0.05, 0.1) is 29.8 Å². The second-order valence-corrected chi connectivity index (χ2v) is 9.65. The van der Waals surface area contributed by atoms with Crippen molar-refractivity contribution in [1.29, 1.82) is 0 Å².